The van der Waals surface area contributed by atoms with Crippen LogP contribution >= 0.6 is 0 Å². The zero-order valence-corrected chi connectivity index (χ0v) is 11.6. The number of carbonyl (C=O) groups excluding carboxylic acids is 1. The molecule has 21 heavy (non-hydrogen) atoms. The van der Waals surface area contributed by atoms with E-state index in [0.29, 0.717) is 13.1 Å². The summed E-state index contributed by atoms with van der Waals surface area (Å²) in [5, 5.41) is 0. The van der Waals surface area contributed by atoms with Gasteiger partial charge in [-0.2, -0.15) is 0 Å². The number of aromatic nitrogens is 2. The van der Waals surface area contributed by atoms with E-state index in [1.54, 1.807) is 17.3 Å². The second-order valence-corrected chi connectivity index (χ2v) is 5.04. The monoisotopic (exact) mass is 287 g/mol. The first kappa shape index (κ1) is 13.8. The second kappa shape index (κ2) is 6.49. The molecule has 0 unspecified atom stereocenters. The van der Waals surface area contributed by atoms with E-state index in [-0.39, 0.29) is 17.8 Å². The van der Waals surface area contributed by atoms with Crippen molar-refractivity contribution in [2.45, 2.75) is 25.5 Å². The van der Waals surface area contributed by atoms with Gasteiger partial charge in [0.05, 0.1) is 12.3 Å². The summed E-state index contributed by atoms with van der Waals surface area (Å²) in [6.07, 6.45) is 8.28. The smallest absolute Gasteiger partial charge is 0.291 e. The summed E-state index contributed by atoms with van der Waals surface area (Å²) >= 11 is 0. The summed E-state index contributed by atoms with van der Waals surface area (Å²) in [5.74, 6) is 0.0851. The van der Waals surface area contributed by atoms with Crippen LogP contribution in [0.2, 0.25) is 0 Å². The molecule has 0 aromatic carbocycles. The van der Waals surface area contributed by atoms with Gasteiger partial charge in [0.15, 0.2) is 6.39 Å². The van der Waals surface area contributed by atoms with Gasteiger partial charge in [-0.1, -0.05) is 0 Å². The van der Waals surface area contributed by atoms with Crippen LogP contribution < -0.4 is 0 Å². The van der Waals surface area contributed by atoms with E-state index >= 15 is 0 Å². The van der Waals surface area contributed by atoms with E-state index in [4.69, 9.17) is 9.15 Å². The molecule has 1 aliphatic heterocycles. The lowest BCUT2D eigenvalue weighted by Crippen LogP contribution is -2.36. The molecule has 0 radical (unpaired) electrons. The third-order valence-electron chi connectivity index (χ3n) is 3.50. The molecule has 1 aliphatic rings. The van der Waals surface area contributed by atoms with Gasteiger partial charge in [-0.3, -0.25) is 9.78 Å². The number of rotatable bonds is 5. The molecule has 3 rings (SSSR count). The number of pyridine rings is 1. The van der Waals surface area contributed by atoms with Crippen LogP contribution in [-0.4, -0.2) is 40.0 Å². The van der Waals surface area contributed by atoms with Gasteiger partial charge in [0.2, 0.25) is 5.76 Å². The number of carbonyl (C=O) groups is 1. The fourth-order valence-electron chi connectivity index (χ4n) is 2.44. The highest BCUT2D eigenvalue weighted by atomic mass is 16.5. The van der Waals surface area contributed by atoms with Crippen LogP contribution in [0, 0.1) is 0 Å². The second-order valence-electron chi connectivity index (χ2n) is 5.04. The van der Waals surface area contributed by atoms with Crippen molar-refractivity contribution in [3.05, 3.63) is 48.4 Å². The van der Waals surface area contributed by atoms with Gasteiger partial charge in [0, 0.05) is 32.1 Å². The van der Waals surface area contributed by atoms with Crippen LogP contribution in [0.1, 0.15) is 29.0 Å². The predicted octanol–water partition coefficient (Wildman–Crippen LogP) is 1.89. The van der Waals surface area contributed by atoms with Crippen LogP contribution in [0.4, 0.5) is 0 Å². The van der Waals surface area contributed by atoms with E-state index in [2.05, 4.69) is 9.97 Å². The molecule has 0 saturated carbocycles. The highest BCUT2D eigenvalue weighted by Crippen LogP contribution is 2.17. The van der Waals surface area contributed by atoms with Crippen molar-refractivity contribution >= 4 is 5.91 Å². The summed E-state index contributed by atoms with van der Waals surface area (Å²) in [5.41, 5.74) is 1.02. The minimum absolute atomic E-state index is 0.0960. The molecule has 1 fully saturated rings. The highest BCUT2D eigenvalue weighted by Gasteiger charge is 2.25. The van der Waals surface area contributed by atoms with Crippen molar-refractivity contribution in [3.8, 4) is 0 Å². The number of nitrogens with zero attached hydrogens (tertiary/aromatic N) is 3. The Hall–Kier alpha value is -2.21. The Morgan fingerprint density at radius 3 is 2.86 bits per heavy atom. The molecule has 2 aromatic heterocycles. The van der Waals surface area contributed by atoms with E-state index in [0.717, 1.165) is 25.0 Å². The number of oxazole rings is 1. The maximum absolute atomic E-state index is 12.5. The number of hydrogen-bond acceptors (Lipinski definition) is 5. The van der Waals surface area contributed by atoms with Gasteiger partial charge in [-0.05, 0) is 30.5 Å². The molecule has 2 aromatic rings. The summed E-state index contributed by atoms with van der Waals surface area (Å²) in [7, 11) is 0. The van der Waals surface area contributed by atoms with Crippen molar-refractivity contribution in [2.24, 2.45) is 0 Å². The van der Waals surface area contributed by atoms with Crippen molar-refractivity contribution in [3.63, 3.8) is 0 Å². The lowest BCUT2D eigenvalue weighted by Gasteiger charge is -2.24. The summed E-state index contributed by atoms with van der Waals surface area (Å²) < 4.78 is 10.8. The first-order valence-corrected chi connectivity index (χ1v) is 7.01. The van der Waals surface area contributed by atoms with Crippen LogP contribution in [-0.2, 0) is 11.3 Å². The van der Waals surface area contributed by atoms with Gasteiger partial charge in [-0.25, -0.2) is 4.98 Å². The molecule has 0 N–H and O–H groups in total. The highest BCUT2D eigenvalue weighted by molar-refractivity contribution is 5.91. The van der Waals surface area contributed by atoms with Crippen LogP contribution in [0.5, 0.6) is 0 Å². The number of hydrogen-bond donors (Lipinski definition) is 0. The first-order chi connectivity index (χ1) is 10.3. The molecule has 3 heterocycles. The third-order valence-corrected chi connectivity index (χ3v) is 3.50. The Balaban J connectivity index is 1.75. The third kappa shape index (κ3) is 3.46. The van der Waals surface area contributed by atoms with Crippen LogP contribution in [0.3, 0.4) is 0 Å². The Kier molecular flexibility index (Phi) is 4.25. The van der Waals surface area contributed by atoms with E-state index in [9.17, 15) is 4.79 Å². The topological polar surface area (TPSA) is 68.5 Å². The normalized spacial score (nSPS) is 17.8. The quantitative estimate of drug-likeness (QED) is 0.840. The predicted molar refractivity (Wildman–Crippen MR) is 74.5 cm³/mol. The van der Waals surface area contributed by atoms with Crippen molar-refractivity contribution in [2.75, 3.05) is 13.2 Å². The molecule has 1 saturated heterocycles. The maximum Gasteiger partial charge on any atom is 0.291 e. The minimum Gasteiger partial charge on any atom is -0.438 e. The minimum atomic E-state index is -0.167. The summed E-state index contributed by atoms with van der Waals surface area (Å²) in [6.45, 7) is 1.83. The van der Waals surface area contributed by atoms with Crippen molar-refractivity contribution in [1.29, 1.82) is 0 Å². The summed E-state index contributed by atoms with van der Waals surface area (Å²) in [6, 6.07) is 3.80. The van der Waals surface area contributed by atoms with E-state index in [1.807, 2.05) is 12.1 Å². The van der Waals surface area contributed by atoms with E-state index in [1.165, 1.54) is 12.6 Å². The molecule has 1 amide bonds. The molecule has 1 atom stereocenters. The molecular weight excluding hydrogens is 270 g/mol. The largest absolute Gasteiger partial charge is 0.438 e. The van der Waals surface area contributed by atoms with Gasteiger partial charge < -0.3 is 14.1 Å². The van der Waals surface area contributed by atoms with Gasteiger partial charge >= 0.3 is 0 Å². The van der Waals surface area contributed by atoms with Crippen LogP contribution in [0.15, 0.2) is 41.5 Å². The molecule has 110 valence electrons. The average molecular weight is 287 g/mol. The van der Waals surface area contributed by atoms with Gasteiger partial charge in [0.1, 0.15) is 0 Å². The Morgan fingerprint density at radius 2 is 2.19 bits per heavy atom. The zero-order chi connectivity index (χ0) is 14.5. The first-order valence-electron chi connectivity index (χ1n) is 7.01. The lowest BCUT2D eigenvalue weighted by atomic mass is 10.2. The van der Waals surface area contributed by atoms with Gasteiger partial charge in [0.25, 0.3) is 5.91 Å². The molecular formula is C15H17N3O3. The Bertz CT molecular complexity index is 565. The van der Waals surface area contributed by atoms with Crippen LogP contribution in [0.25, 0.3) is 0 Å². The van der Waals surface area contributed by atoms with E-state index < -0.39 is 0 Å². The Morgan fingerprint density at radius 1 is 1.33 bits per heavy atom. The zero-order valence-electron chi connectivity index (χ0n) is 11.6. The number of ether oxygens (including phenoxy) is 1. The molecule has 6 nitrogen and oxygen atoms in total. The average Bonchev–Trinajstić information content (AvgIpc) is 3.20. The fraction of sp³-hybridized carbons (Fsp3) is 0.400. The lowest BCUT2D eigenvalue weighted by molar-refractivity contribution is 0.0484. The standard InChI is InChI=1S/C15H17N3O3/c19-15(14-8-17-11-21-14)18(10-13-2-1-7-20-13)9-12-3-5-16-6-4-12/h3-6,8,11,13H,1-2,7,9-10H2/t13-/m1/s1. The number of amides is 1. The summed E-state index contributed by atoms with van der Waals surface area (Å²) in [4.78, 5) is 22.1. The maximum atomic E-state index is 12.5. The fourth-order valence-corrected chi connectivity index (χ4v) is 2.44. The van der Waals surface area contributed by atoms with Crippen molar-refractivity contribution < 1.29 is 13.9 Å². The molecule has 0 bridgehead atoms. The Labute approximate surface area is 122 Å². The van der Waals surface area contributed by atoms with Crippen molar-refractivity contribution in [1.82, 2.24) is 14.9 Å². The molecule has 0 aliphatic carbocycles. The molecule has 0 spiro atoms. The van der Waals surface area contributed by atoms with Gasteiger partial charge in [-0.15, -0.1) is 0 Å². The molecule has 6 heteroatoms. The SMILES string of the molecule is O=C(c1cnco1)N(Cc1ccncc1)C[C@H]1CCCO1.